The van der Waals surface area contributed by atoms with Crippen LogP contribution in [0.25, 0.3) is 10.2 Å². The Morgan fingerprint density at radius 3 is 2.64 bits per heavy atom. The van der Waals surface area contributed by atoms with Crippen molar-refractivity contribution in [1.29, 1.82) is 0 Å². The summed E-state index contributed by atoms with van der Waals surface area (Å²) in [6, 6.07) is 16.3. The first kappa shape index (κ1) is 18.9. The molecular weight excluding hydrogens is 413 g/mol. The van der Waals surface area contributed by atoms with Crippen molar-refractivity contribution in [3.8, 4) is 0 Å². The number of halogens is 2. The first-order valence-electron chi connectivity index (χ1n) is 8.56. The van der Waals surface area contributed by atoms with Crippen molar-refractivity contribution in [2.75, 3.05) is 4.90 Å². The molecule has 0 unspecified atom stereocenters. The van der Waals surface area contributed by atoms with Gasteiger partial charge in [-0.2, -0.15) is 0 Å². The zero-order chi connectivity index (χ0) is 19.7. The third-order valence-electron chi connectivity index (χ3n) is 4.27. The fraction of sp³-hybridized carbons (Fsp3) is 0.0952. The second-order valence-electron chi connectivity index (χ2n) is 6.26. The topological polar surface area (TPSA) is 46.1 Å². The number of aromatic nitrogens is 2. The van der Waals surface area contributed by atoms with Crippen molar-refractivity contribution < 1.29 is 4.79 Å². The third-order valence-corrected chi connectivity index (χ3v) is 5.84. The predicted octanol–water partition coefficient (Wildman–Crippen LogP) is 6.15. The molecule has 0 saturated heterocycles. The Morgan fingerprint density at radius 1 is 1.11 bits per heavy atom. The van der Waals surface area contributed by atoms with E-state index in [0.717, 1.165) is 21.5 Å². The molecule has 2 aromatic carbocycles. The fourth-order valence-corrected chi connectivity index (χ4v) is 4.55. The zero-order valence-electron chi connectivity index (χ0n) is 14.9. The number of benzene rings is 2. The van der Waals surface area contributed by atoms with E-state index in [4.69, 9.17) is 28.2 Å². The molecular formula is C21H15Cl2N3OS. The van der Waals surface area contributed by atoms with Crippen LogP contribution in [-0.4, -0.2) is 15.9 Å². The number of aryl methyl sites for hydroxylation is 1. The average molecular weight is 428 g/mol. The Hall–Kier alpha value is -2.47. The van der Waals surface area contributed by atoms with Crippen LogP contribution in [0.5, 0.6) is 0 Å². The van der Waals surface area contributed by atoms with Crippen LogP contribution in [-0.2, 0) is 6.54 Å². The average Bonchev–Trinajstić information content (AvgIpc) is 3.11. The summed E-state index contributed by atoms with van der Waals surface area (Å²) >= 11 is 13.9. The molecule has 4 nitrogen and oxygen atoms in total. The van der Waals surface area contributed by atoms with Gasteiger partial charge in [0.25, 0.3) is 5.91 Å². The first-order valence-corrected chi connectivity index (χ1v) is 10.1. The van der Waals surface area contributed by atoms with Gasteiger partial charge >= 0.3 is 0 Å². The lowest BCUT2D eigenvalue weighted by molar-refractivity contribution is 0.0985. The van der Waals surface area contributed by atoms with Crippen molar-refractivity contribution in [2.24, 2.45) is 0 Å². The van der Waals surface area contributed by atoms with E-state index in [1.807, 2.05) is 37.3 Å². The van der Waals surface area contributed by atoms with Gasteiger partial charge in [-0.1, -0.05) is 52.7 Å². The number of hydrogen-bond acceptors (Lipinski definition) is 4. The summed E-state index contributed by atoms with van der Waals surface area (Å²) in [7, 11) is 0. The predicted molar refractivity (Wildman–Crippen MR) is 116 cm³/mol. The van der Waals surface area contributed by atoms with Gasteiger partial charge in [-0.05, 0) is 48.9 Å². The van der Waals surface area contributed by atoms with Crippen LogP contribution in [0, 0.1) is 6.92 Å². The maximum atomic E-state index is 13.4. The summed E-state index contributed by atoms with van der Waals surface area (Å²) in [5, 5.41) is 1.63. The van der Waals surface area contributed by atoms with Crippen LogP contribution in [0.1, 0.15) is 21.6 Å². The van der Waals surface area contributed by atoms with Crippen molar-refractivity contribution in [3.63, 3.8) is 0 Å². The highest BCUT2D eigenvalue weighted by molar-refractivity contribution is 7.22. The van der Waals surface area contributed by atoms with E-state index in [9.17, 15) is 4.79 Å². The van der Waals surface area contributed by atoms with Crippen molar-refractivity contribution in [1.82, 2.24) is 9.97 Å². The lowest BCUT2D eigenvalue weighted by Gasteiger charge is -2.20. The molecule has 0 aliphatic carbocycles. The molecule has 0 N–H and O–H groups in total. The second-order valence-corrected chi connectivity index (χ2v) is 8.11. The van der Waals surface area contributed by atoms with Gasteiger partial charge in [0.05, 0.1) is 33.0 Å². The van der Waals surface area contributed by atoms with Crippen LogP contribution in [0.2, 0.25) is 10.0 Å². The minimum absolute atomic E-state index is 0.223. The molecule has 0 aliphatic heterocycles. The lowest BCUT2D eigenvalue weighted by Crippen LogP contribution is -2.31. The van der Waals surface area contributed by atoms with E-state index in [2.05, 4.69) is 4.98 Å². The Morgan fingerprint density at radius 2 is 1.89 bits per heavy atom. The number of hydrogen-bond donors (Lipinski definition) is 0. The number of amides is 1. The third kappa shape index (κ3) is 3.74. The van der Waals surface area contributed by atoms with Crippen LogP contribution >= 0.6 is 34.5 Å². The van der Waals surface area contributed by atoms with Gasteiger partial charge in [0.1, 0.15) is 0 Å². The molecule has 4 rings (SSSR count). The quantitative estimate of drug-likeness (QED) is 0.392. The van der Waals surface area contributed by atoms with Gasteiger partial charge in [0.2, 0.25) is 0 Å². The van der Waals surface area contributed by atoms with Crippen molar-refractivity contribution in [2.45, 2.75) is 13.5 Å². The summed E-state index contributed by atoms with van der Waals surface area (Å²) in [6.45, 7) is 2.24. The molecule has 28 heavy (non-hydrogen) atoms. The molecule has 0 spiro atoms. The normalized spacial score (nSPS) is 11.0. The molecule has 0 fully saturated rings. The monoisotopic (exact) mass is 427 g/mol. The number of carbonyl (C=O) groups is 1. The van der Waals surface area contributed by atoms with Crippen LogP contribution in [0.3, 0.4) is 0 Å². The summed E-state index contributed by atoms with van der Waals surface area (Å²) in [6.07, 6.45) is 1.70. The number of thiazole rings is 1. The maximum absolute atomic E-state index is 13.4. The minimum Gasteiger partial charge on any atom is -0.278 e. The second kappa shape index (κ2) is 7.87. The van der Waals surface area contributed by atoms with E-state index < -0.39 is 0 Å². The van der Waals surface area contributed by atoms with Gasteiger partial charge in [-0.15, -0.1) is 0 Å². The summed E-state index contributed by atoms with van der Waals surface area (Å²) in [5.41, 5.74) is 2.99. The van der Waals surface area contributed by atoms with Gasteiger partial charge in [-0.3, -0.25) is 14.7 Å². The molecule has 0 saturated carbocycles. The SMILES string of the molecule is Cc1cc(Cl)cc2sc(N(Cc3ccccn3)C(=O)c3ccccc3Cl)nc12. The molecule has 140 valence electrons. The highest BCUT2D eigenvalue weighted by Gasteiger charge is 2.24. The molecule has 0 atom stereocenters. The van der Waals surface area contributed by atoms with E-state index >= 15 is 0 Å². The number of fused-ring (bicyclic) bond motifs is 1. The number of rotatable bonds is 4. The Balaban J connectivity index is 1.82. The molecule has 0 aliphatic rings. The van der Waals surface area contributed by atoms with E-state index in [0.29, 0.717) is 20.7 Å². The number of pyridine rings is 1. The molecule has 0 radical (unpaired) electrons. The van der Waals surface area contributed by atoms with Crippen LogP contribution < -0.4 is 4.90 Å². The van der Waals surface area contributed by atoms with Crippen LogP contribution in [0.4, 0.5) is 5.13 Å². The molecule has 2 aromatic heterocycles. The number of nitrogens with zero attached hydrogens (tertiary/aromatic N) is 3. The van der Waals surface area contributed by atoms with E-state index in [1.165, 1.54) is 11.3 Å². The highest BCUT2D eigenvalue weighted by atomic mass is 35.5. The molecule has 2 heterocycles. The molecule has 4 aromatic rings. The summed E-state index contributed by atoms with van der Waals surface area (Å²) in [4.78, 5) is 24.0. The zero-order valence-corrected chi connectivity index (χ0v) is 17.2. The maximum Gasteiger partial charge on any atom is 0.261 e. The summed E-state index contributed by atoms with van der Waals surface area (Å²) < 4.78 is 0.929. The minimum atomic E-state index is -0.223. The smallest absolute Gasteiger partial charge is 0.261 e. The Kier molecular flexibility index (Phi) is 5.31. The Labute approximate surface area is 176 Å². The van der Waals surface area contributed by atoms with Gasteiger partial charge in [0.15, 0.2) is 5.13 Å². The molecule has 1 amide bonds. The number of carbonyl (C=O) groups excluding carboxylic acids is 1. The van der Waals surface area contributed by atoms with Crippen molar-refractivity contribution in [3.05, 3.63) is 87.7 Å². The van der Waals surface area contributed by atoms with E-state index in [-0.39, 0.29) is 12.5 Å². The fourth-order valence-electron chi connectivity index (χ4n) is 2.92. The molecule has 0 bridgehead atoms. The number of anilines is 1. The molecule has 7 heteroatoms. The van der Waals surface area contributed by atoms with Gasteiger partial charge in [0, 0.05) is 11.2 Å². The largest absolute Gasteiger partial charge is 0.278 e. The lowest BCUT2D eigenvalue weighted by atomic mass is 10.2. The van der Waals surface area contributed by atoms with Crippen LogP contribution in [0.15, 0.2) is 60.8 Å². The summed E-state index contributed by atoms with van der Waals surface area (Å²) in [5.74, 6) is -0.223. The van der Waals surface area contributed by atoms with Crippen molar-refractivity contribution >= 4 is 55.8 Å². The standard InChI is InChI=1S/C21H15Cl2N3OS/c1-13-10-14(22)11-18-19(13)25-21(28-18)26(12-15-6-4-5-9-24-15)20(27)16-7-2-3-8-17(16)23/h2-11H,12H2,1H3. The van der Waals surface area contributed by atoms with Gasteiger partial charge in [-0.25, -0.2) is 4.98 Å². The van der Waals surface area contributed by atoms with Gasteiger partial charge < -0.3 is 0 Å². The van der Waals surface area contributed by atoms with E-state index in [1.54, 1.807) is 35.4 Å². The first-order chi connectivity index (χ1) is 13.5. The Bertz CT molecular complexity index is 1160. The highest BCUT2D eigenvalue weighted by Crippen LogP contribution is 2.34.